The number of anilines is 2. The Bertz CT molecular complexity index is 1090. The Labute approximate surface area is 201 Å². The molecular weight excluding hydrogens is 461 g/mol. The maximum absolute atomic E-state index is 13.0. The Morgan fingerprint density at radius 2 is 1.65 bits per heavy atom. The first-order valence-corrected chi connectivity index (χ1v) is 12.1. The second kappa shape index (κ2) is 10.1. The molecule has 0 N–H and O–H groups in total. The minimum absolute atomic E-state index is 0.256. The number of aliphatic imine (C=N–C) groups is 1. The molecule has 2 aromatic carbocycles. The lowest BCUT2D eigenvalue weighted by atomic mass is 10.1. The normalized spacial score (nSPS) is 18.0. The number of amidine groups is 1. The molecule has 0 spiro atoms. The molecule has 2 aromatic rings. The number of alkyl halides is 3. The van der Waals surface area contributed by atoms with Crippen LogP contribution in [0.2, 0.25) is 0 Å². The molecule has 34 heavy (non-hydrogen) atoms. The van der Waals surface area contributed by atoms with Gasteiger partial charge in [-0.25, -0.2) is 0 Å². The number of thioether (sulfide) groups is 1. The lowest BCUT2D eigenvalue weighted by Crippen LogP contribution is -2.47. The summed E-state index contributed by atoms with van der Waals surface area (Å²) in [6.07, 6.45) is -2.50. The van der Waals surface area contributed by atoms with Crippen LogP contribution in [-0.4, -0.2) is 55.2 Å². The largest absolute Gasteiger partial charge is 0.416 e. The van der Waals surface area contributed by atoms with E-state index in [2.05, 4.69) is 35.9 Å². The monoisotopic (exact) mass is 488 g/mol. The van der Waals surface area contributed by atoms with E-state index in [4.69, 9.17) is 0 Å². The van der Waals surface area contributed by atoms with Gasteiger partial charge in [0.2, 0.25) is 0 Å². The summed E-state index contributed by atoms with van der Waals surface area (Å²) in [7, 11) is 0. The van der Waals surface area contributed by atoms with Gasteiger partial charge < -0.3 is 14.7 Å². The van der Waals surface area contributed by atoms with Crippen molar-refractivity contribution in [2.45, 2.75) is 20.0 Å². The summed E-state index contributed by atoms with van der Waals surface area (Å²) in [5, 5.41) is 0.653. The Hall–Kier alpha value is -2.94. The van der Waals surface area contributed by atoms with Gasteiger partial charge in [0.25, 0.3) is 5.91 Å². The van der Waals surface area contributed by atoms with Gasteiger partial charge in [-0.15, -0.1) is 0 Å². The van der Waals surface area contributed by atoms with Gasteiger partial charge in [-0.3, -0.25) is 4.79 Å². The zero-order chi connectivity index (χ0) is 24.3. The molecule has 0 aliphatic carbocycles. The molecule has 2 aliphatic heterocycles. The number of hydrogen-bond acceptors (Lipinski definition) is 5. The Balaban J connectivity index is 1.37. The summed E-state index contributed by atoms with van der Waals surface area (Å²) >= 11 is 1.35. The Morgan fingerprint density at radius 3 is 2.26 bits per heavy atom. The molecule has 0 saturated carbocycles. The fourth-order valence-corrected chi connectivity index (χ4v) is 5.05. The van der Waals surface area contributed by atoms with Crippen LogP contribution in [0, 0.1) is 0 Å². The van der Waals surface area contributed by atoms with Crippen LogP contribution in [0.25, 0.3) is 6.08 Å². The van der Waals surface area contributed by atoms with Crippen LogP contribution in [0.15, 0.2) is 58.4 Å². The van der Waals surface area contributed by atoms with Gasteiger partial charge in [0, 0.05) is 50.6 Å². The third-order valence-electron chi connectivity index (χ3n) is 6.02. The summed E-state index contributed by atoms with van der Waals surface area (Å²) in [6, 6.07) is 13.5. The molecular formula is C25H27F3N4OS. The van der Waals surface area contributed by atoms with E-state index in [-0.39, 0.29) is 5.91 Å². The quantitative estimate of drug-likeness (QED) is 0.531. The van der Waals surface area contributed by atoms with Crippen LogP contribution in [0.5, 0.6) is 0 Å². The average molecular weight is 489 g/mol. The molecule has 0 atom stereocenters. The molecule has 2 heterocycles. The Morgan fingerprint density at radius 1 is 1.00 bits per heavy atom. The highest BCUT2D eigenvalue weighted by molar-refractivity contribution is 8.18. The molecule has 0 aromatic heterocycles. The van der Waals surface area contributed by atoms with Crippen molar-refractivity contribution in [3.8, 4) is 0 Å². The van der Waals surface area contributed by atoms with Gasteiger partial charge in [0.15, 0.2) is 5.17 Å². The molecule has 5 nitrogen and oxygen atoms in total. The van der Waals surface area contributed by atoms with Gasteiger partial charge in [-0.05, 0) is 67.6 Å². The van der Waals surface area contributed by atoms with Gasteiger partial charge >= 0.3 is 6.18 Å². The minimum atomic E-state index is -4.36. The molecule has 2 aliphatic rings. The van der Waals surface area contributed by atoms with E-state index in [1.807, 2.05) is 28.0 Å². The van der Waals surface area contributed by atoms with E-state index in [1.165, 1.54) is 23.9 Å². The lowest BCUT2D eigenvalue weighted by molar-refractivity contribution is -0.137. The fourth-order valence-electron chi connectivity index (χ4n) is 4.09. The van der Waals surface area contributed by atoms with Gasteiger partial charge in [-0.1, -0.05) is 18.2 Å². The van der Waals surface area contributed by atoms with Crippen LogP contribution < -0.4 is 9.80 Å². The number of carbonyl (C=O) groups is 1. The molecule has 4 rings (SSSR count). The molecule has 0 radical (unpaired) electrons. The molecule has 0 unspecified atom stereocenters. The van der Waals surface area contributed by atoms with Crippen molar-refractivity contribution >= 4 is 40.3 Å². The third kappa shape index (κ3) is 5.41. The number of hydrogen-bond donors (Lipinski definition) is 0. The van der Waals surface area contributed by atoms with Crippen LogP contribution >= 0.6 is 11.8 Å². The van der Waals surface area contributed by atoms with Crippen molar-refractivity contribution in [2.24, 2.45) is 4.99 Å². The number of nitrogens with zero attached hydrogens (tertiary/aromatic N) is 4. The first kappa shape index (κ1) is 24.2. The number of halogens is 3. The number of rotatable bonds is 5. The smallest absolute Gasteiger partial charge is 0.372 e. The highest BCUT2D eigenvalue weighted by atomic mass is 32.2. The SMILES string of the molecule is CCN(CC)c1ccc(C=C2SC(N3CCN(c4cccc(C(F)(F)F)c4)CC3)=NC2=O)cc1. The summed E-state index contributed by atoms with van der Waals surface area (Å²) in [5.41, 5.74) is 2.00. The van der Waals surface area contributed by atoms with Crippen molar-refractivity contribution in [1.82, 2.24) is 4.90 Å². The van der Waals surface area contributed by atoms with Gasteiger partial charge in [0.1, 0.15) is 0 Å². The second-order valence-corrected chi connectivity index (χ2v) is 9.11. The minimum Gasteiger partial charge on any atom is -0.372 e. The number of amides is 1. The fraction of sp³-hybridized carbons (Fsp3) is 0.360. The van der Waals surface area contributed by atoms with E-state index in [9.17, 15) is 18.0 Å². The van der Waals surface area contributed by atoms with Crippen molar-refractivity contribution in [3.63, 3.8) is 0 Å². The lowest BCUT2D eigenvalue weighted by Gasteiger charge is -2.36. The van der Waals surface area contributed by atoms with Crippen molar-refractivity contribution < 1.29 is 18.0 Å². The van der Waals surface area contributed by atoms with E-state index in [0.29, 0.717) is 41.9 Å². The number of piperazine rings is 1. The maximum Gasteiger partial charge on any atom is 0.416 e. The van der Waals surface area contributed by atoms with Crippen LogP contribution in [0.4, 0.5) is 24.5 Å². The van der Waals surface area contributed by atoms with E-state index >= 15 is 0 Å². The van der Waals surface area contributed by atoms with Gasteiger partial charge in [0.05, 0.1) is 10.5 Å². The third-order valence-corrected chi connectivity index (χ3v) is 7.06. The summed E-state index contributed by atoms with van der Waals surface area (Å²) in [4.78, 5) is 23.5. The zero-order valence-electron chi connectivity index (χ0n) is 19.2. The molecule has 1 amide bonds. The zero-order valence-corrected chi connectivity index (χ0v) is 20.0. The predicted molar refractivity (Wildman–Crippen MR) is 133 cm³/mol. The highest BCUT2D eigenvalue weighted by Gasteiger charge is 2.32. The summed E-state index contributed by atoms with van der Waals surface area (Å²) < 4.78 is 39.1. The maximum atomic E-state index is 13.0. The molecule has 0 bridgehead atoms. The van der Waals surface area contributed by atoms with Gasteiger partial charge in [-0.2, -0.15) is 18.2 Å². The average Bonchev–Trinajstić information content (AvgIpc) is 3.20. The number of carbonyl (C=O) groups excluding carboxylic acids is 1. The summed E-state index contributed by atoms with van der Waals surface area (Å²) in [6.45, 7) is 8.38. The number of benzene rings is 2. The molecule has 1 saturated heterocycles. The van der Waals surface area contributed by atoms with Crippen LogP contribution in [-0.2, 0) is 11.0 Å². The first-order chi connectivity index (χ1) is 16.3. The molecule has 1 fully saturated rings. The highest BCUT2D eigenvalue weighted by Crippen LogP contribution is 2.33. The van der Waals surface area contributed by atoms with E-state index in [1.54, 1.807) is 6.07 Å². The van der Waals surface area contributed by atoms with E-state index < -0.39 is 11.7 Å². The van der Waals surface area contributed by atoms with Crippen molar-refractivity contribution in [1.29, 1.82) is 0 Å². The van der Waals surface area contributed by atoms with E-state index in [0.717, 1.165) is 30.4 Å². The first-order valence-electron chi connectivity index (χ1n) is 11.3. The Kier molecular flexibility index (Phi) is 7.21. The van der Waals surface area contributed by atoms with Crippen LogP contribution in [0.1, 0.15) is 25.0 Å². The van der Waals surface area contributed by atoms with Crippen molar-refractivity contribution in [2.75, 3.05) is 49.1 Å². The topological polar surface area (TPSA) is 39.1 Å². The standard InChI is InChI=1S/C25H27F3N4OS/c1-3-30(4-2)20-10-8-18(9-11-20)16-22-23(33)29-24(34-22)32-14-12-31(13-15-32)21-7-5-6-19(17-21)25(26,27)28/h5-11,16-17H,3-4,12-15H2,1-2H3. The second-order valence-electron chi connectivity index (χ2n) is 8.10. The summed E-state index contributed by atoms with van der Waals surface area (Å²) in [5.74, 6) is -0.256. The predicted octanol–water partition coefficient (Wildman–Crippen LogP) is 5.34. The van der Waals surface area contributed by atoms with Crippen LogP contribution in [0.3, 0.4) is 0 Å². The molecule has 180 valence electrons. The van der Waals surface area contributed by atoms with Crippen molar-refractivity contribution in [3.05, 3.63) is 64.6 Å². The molecule has 9 heteroatoms.